The van der Waals surface area contributed by atoms with Gasteiger partial charge in [0, 0.05) is 38.3 Å². The number of ether oxygens (including phenoxy) is 1. The van der Waals surface area contributed by atoms with Crippen molar-refractivity contribution in [2.24, 2.45) is 5.92 Å². The van der Waals surface area contributed by atoms with E-state index in [4.69, 9.17) is 4.74 Å². The average molecular weight is 290 g/mol. The molecule has 0 aliphatic carbocycles. The lowest BCUT2D eigenvalue weighted by molar-refractivity contribution is 0.0202. The fourth-order valence-corrected chi connectivity index (χ4v) is 3.34. The van der Waals surface area contributed by atoms with Crippen molar-refractivity contribution in [3.63, 3.8) is 0 Å². The molecular weight excluding hydrogens is 260 g/mol. The van der Waals surface area contributed by atoms with E-state index in [1.807, 2.05) is 0 Å². The molecule has 21 heavy (non-hydrogen) atoms. The molecule has 4 atom stereocenters. The zero-order chi connectivity index (χ0) is 15.2. The molecule has 0 bridgehead atoms. The molecule has 1 aliphatic heterocycles. The first-order valence-electron chi connectivity index (χ1n) is 8.20. The van der Waals surface area contributed by atoms with Crippen LogP contribution in [0.5, 0.6) is 0 Å². The van der Waals surface area contributed by atoms with E-state index in [2.05, 4.69) is 61.3 Å². The summed E-state index contributed by atoms with van der Waals surface area (Å²) in [6, 6.07) is 12.3. The molecule has 1 N–H and O–H groups in total. The number of nitrogens with zero attached hydrogens (tertiary/aromatic N) is 1. The van der Waals surface area contributed by atoms with E-state index in [9.17, 15) is 0 Å². The van der Waals surface area contributed by atoms with E-state index >= 15 is 0 Å². The maximum absolute atomic E-state index is 5.40. The number of hydrogen-bond acceptors (Lipinski definition) is 3. The molecule has 4 unspecified atom stereocenters. The molecule has 0 saturated carbocycles. The van der Waals surface area contributed by atoms with Crippen molar-refractivity contribution in [1.29, 1.82) is 0 Å². The number of rotatable bonds is 6. The van der Waals surface area contributed by atoms with Gasteiger partial charge < -0.3 is 10.1 Å². The predicted molar refractivity (Wildman–Crippen MR) is 88.5 cm³/mol. The predicted octanol–water partition coefficient (Wildman–Crippen LogP) is 3.08. The molecule has 3 heteroatoms. The van der Waals surface area contributed by atoms with E-state index in [-0.39, 0.29) is 0 Å². The summed E-state index contributed by atoms with van der Waals surface area (Å²) in [6.45, 7) is 9.85. The summed E-state index contributed by atoms with van der Waals surface area (Å²) in [5.74, 6) is 0.702. The first kappa shape index (κ1) is 16.5. The molecular formula is C18H30N2O. The van der Waals surface area contributed by atoms with Gasteiger partial charge >= 0.3 is 0 Å². The quantitative estimate of drug-likeness (QED) is 0.871. The Hall–Kier alpha value is -0.900. The highest BCUT2D eigenvalue weighted by molar-refractivity contribution is 5.20. The van der Waals surface area contributed by atoms with Crippen molar-refractivity contribution >= 4 is 0 Å². The van der Waals surface area contributed by atoms with Crippen LogP contribution >= 0.6 is 0 Å². The Bertz CT molecular complexity index is 409. The van der Waals surface area contributed by atoms with Crippen LogP contribution in [0.15, 0.2) is 30.3 Å². The molecule has 1 aromatic rings. The van der Waals surface area contributed by atoms with Gasteiger partial charge in [-0.05, 0) is 18.4 Å². The molecule has 1 fully saturated rings. The van der Waals surface area contributed by atoms with Crippen LogP contribution in [0.2, 0.25) is 0 Å². The van der Waals surface area contributed by atoms with Gasteiger partial charge in [0.2, 0.25) is 0 Å². The Kier molecular flexibility index (Phi) is 6.22. The fourth-order valence-electron chi connectivity index (χ4n) is 3.34. The van der Waals surface area contributed by atoms with Gasteiger partial charge in [-0.3, -0.25) is 4.90 Å². The highest BCUT2D eigenvalue weighted by Gasteiger charge is 2.33. The topological polar surface area (TPSA) is 24.5 Å². The van der Waals surface area contributed by atoms with Crippen LogP contribution < -0.4 is 5.32 Å². The van der Waals surface area contributed by atoms with Gasteiger partial charge in [-0.25, -0.2) is 0 Å². The van der Waals surface area contributed by atoms with E-state index < -0.39 is 0 Å². The van der Waals surface area contributed by atoms with E-state index in [0.29, 0.717) is 24.0 Å². The number of hydrogen-bond donors (Lipinski definition) is 1. The lowest BCUT2D eigenvalue weighted by atomic mass is 9.91. The molecule has 1 aliphatic rings. The third kappa shape index (κ3) is 4.06. The van der Waals surface area contributed by atoms with Gasteiger partial charge in [0.15, 0.2) is 0 Å². The smallest absolute Gasteiger partial charge is 0.0615 e. The van der Waals surface area contributed by atoms with Crippen LogP contribution in [-0.4, -0.2) is 43.8 Å². The van der Waals surface area contributed by atoms with Crippen molar-refractivity contribution < 1.29 is 4.74 Å². The summed E-state index contributed by atoms with van der Waals surface area (Å²) in [5.41, 5.74) is 1.38. The van der Waals surface area contributed by atoms with Gasteiger partial charge in [-0.1, -0.05) is 50.6 Å². The van der Waals surface area contributed by atoms with E-state index in [0.717, 1.165) is 19.7 Å². The van der Waals surface area contributed by atoms with Crippen LogP contribution in [0.25, 0.3) is 0 Å². The molecule has 0 spiro atoms. The largest absolute Gasteiger partial charge is 0.383 e. The number of piperazine rings is 1. The van der Waals surface area contributed by atoms with Crippen molar-refractivity contribution in [3.05, 3.63) is 35.9 Å². The molecule has 118 valence electrons. The van der Waals surface area contributed by atoms with Crippen molar-refractivity contribution in [2.75, 3.05) is 26.8 Å². The third-order valence-electron chi connectivity index (χ3n) is 4.87. The molecule has 3 nitrogen and oxygen atoms in total. The van der Waals surface area contributed by atoms with Gasteiger partial charge in [0.05, 0.1) is 6.61 Å². The molecule has 1 heterocycles. The SMILES string of the molecule is CCC(C)C1CNC(c2ccccc2)CN1C(C)COC. The summed E-state index contributed by atoms with van der Waals surface area (Å²) < 4.78 is 5.40. The first-order valence-corrected chi connectivity index (χ1v) is 8.20. The van der Waals surface area contributed by atoms with Crippen LogP contribution in [0.3, 0.4) is 0 Å². The standard InChI is InChI=1S/C18H30N2O/c1-5-14(2)18-11-19-17(16-9-7-6-8-10-16)12-20(18)15(3)13-21-4/h6-10,14-15,17-19H,5,11-13H2,1-4H3. The molecule has 0 aromatic heterocycles. The van der Waals surface area contributed by atoms with Crippen molar-refractivity contribution in [2.45, 2.75) is 45.3 Å². The van der Waals surface area contributed by atoms with Crippen molar-refractivity contribution in [1.82, 2.24) is 10.2 Å². The Morgan fingerprint density at radius 2 is 2.00 bits per heavy atom. The van der Waals surface area contributed by atoms with Crippen LogP contribution in [0, 0.1) is 5.92 Å². The zero-order valence-corrected chi connectivity index (χ0v) is 13.9. The van der Waals surface area contributed by atoms with Crippen molar-refractivity contribution in [3.8, 4) is 0 Å². The maximum atomic E-state index is 5.40. The summed E-state index contributed by atoms with van der Waals surface area (Å²) in [7, 11) is 1.80. The molecule has 1 saturated heterocycles. The minimum absolute atomic E-state index is 0.422. The minimum atomic E-state index is 0.422. The highest BCUT2D eigenvalue weighted by Crippen LogP contribution is 2.26. The first-order chi connectivity index (χ1) is 10.2. The second-order valence-electron chi connectivity index (χ2n) is 6.33. The third-order valence-corrected chi connectivity index (χ3v) is 4.87. The number of nitrogens with one attached hydrogen (secondary N) is 1. The zero-order valence-electron chi connectivity index (χ0n) is 13.9. The Labute approximate surface area is 129 Å². The summed E-state index contributed by atoms with van der Waals surface area (Å²) >= 11 is 0. The molecule has 0 radical (unpaired) electrons. The summed E-state index contributed by atoms with van der Waals surface area (Å²) in [6.07, 6.45) is 1.22. The maximum Gasteiger partial charge on any atom is 0.0615 e. The Balaban J connectivity index is 2.12. The molecule has 1 aromatic carbocycles. The van der Waals surface area contributed by atoms with Crippen LogP contribution in [-0.2, 0) is 4.74 Å². The van der Waals surface area contributed by atoms with E-state index in [1.54, 1.807) is 7.11 Å². The molecule has 0 amide bonds. The van der Waals surface area contributed by atoms with Gasteiger partial charge in [0.1, 0.15) is 0 Å². The summed E-state index contributed by atoms with van der Waals surface area (Å²) in [5, 5.41) is 3.75. The summed E-state index contributed by atoms with van der Waals surface area (Å²) in [4.78, 5) is 2.64. The lowest BCUT2D eigenvalue weighted by Crippen LogP contribution is -2.58. The van der Waals surface area contributed by atoms with Gasteiger partial charge in [0.25, 0.3) is 0 Å². The minimum Gasteiger partial charge on any atom is -0.383 e. The normalized spacial score (nSPS) is 26.5. The lowest BCUT2D eigenvalue weighted by Gasteiger charge is -2.46. The average Bonchev–Trinajstić information content (AvgIpc) is 2.54. The van der Waals surface area contributed by atoms with Crippen LogP contribution in [0.1, 0.15) is 38.8 Å². The number of methoxy groups -OCH3 is 1. The Morgan fingerprint density at radius 1 is 1.29 bits per heavy atom. The fraction of sp³-hybridized carbons (Fsp3) is 0.667. The van der Waals surface area contributed by atoms with E-state index in [1.165, 1.54) is 12.0 Å². The second-order valence-corrected chi connectivity index (χ2v) is 6.33. The monoisotopic (exact) mass is 290 g/mol. The number of benzene rings is 1. The van der Waals surface area contributed by atoms with Gasteiger partial charge in [-0.15, -0.1) is 0 Å². The second kappa shape index (κ2) is 7.92. The Morgan fingerprint density at radius 3 is 2.62 bits per heavy atom. The van der Waals surface area contributed by atoms with Crippen LogP contribution in [0.4, 0.5) is 0 Å². The van der Waals surface area contributed by atoms with Gasteiger partial charge in [-0.2, -0.15) is 0 Å². The highest BCUT2D eigenvalue weighted by atomic mass is 16.5. The molecule has 2 rings (SSSR count).